The van der Waals surface area contributed by atoms with E-state index < -0.39 is 0 Å². The minimum Gasteiger partial charge on any atom is -0.493 e. The highest BCUT2D eigenvalue weighted by molar-refractivity contribution is 7.98. The molecule has 1 amide bonds. The Bertz CT molecular complexity index is 956. The van der Waals surface area contributed by atoms with E-state index in [4.69, 9.17) is 4.74 Å². The van der Waals surface area contributed by atoms with Crippen LogP contribution in [0.25, 0.3) is 5.65 Å². The van der Waals surface area contributed by atoms with E-state index in [0.717, 1.165) is 48.0 Å². The van der Waals surface area contributed by atoms with Crippen molar-refractivity contribution in [3.05, 3.63) is 59.5 Å². The quantitative estimate of drug-likeness (QED) is 0.681. The molecule has 3 heterocycles. The number of nitrogens with one attached hydrogen (secondary N) is 1. The summed E-state index contributed by atoms with van der Waals surface area (Å²) >= 11 is 1.75. The van der Waals surface area contributed by atoms with E-state index in [-0.39, 0.29) is 11.9 Å². The van der Waals surface area contributed by atoms with Gasteiger partial charge in [0.2, 0.25) is 5.91 Å². The molecule has 1 aromatic carbocycles. The van der Waals surface area contributed by atoms with Gasteiger partial charge in [-0.05, 0) is 47.8 Å². The van der Waals surface area contributed by atoms with Crippen LogP contribution in [0.2, 0.25) is 0 Å². The molecule has 0 aliphatic carbocycles. The van der Waals surface area contributed by atoms with Gasteiger partial charge in [0.1, 0.15) is 5.75 Å². The number of pyridine rings is 1. The molecule has 2 aromatic heterocycles. The Morgan fingerprint density at radius 3 is 3.15 bits per heavy atom. The highest BCUT2D eigenvalue weighted by atomic mass is 32.2. The number of carbonyl (C=O) groups is 1. The van der Waals surface area contributed by atoms with Crippen molar-refractivity contribution in [2.75, 3.05) is 18.6 Å². The molecule has 0 unspecified atom stereocenters. The fraction of sp³-hybridized carbons (Fsp3) is 0.350. The lowest BCUT2D eigenvalue weighted by molar-refractivity contribution is -0.121. The second-order valence-electron chi connectivity index (χ2n) is 6.61. The molecular formula is C20H22N4O2S. The van der Waals surface area contributed by atoms with Crippen LogP contribution in [0.5, 0.6) is 5.75 Å². The monoisotopic (exact) mass is 382 g/mol. The van der Waals surface area contributed by atoms with Gasteiger partial charge in [-0.1, -0.05) is 18.2 Å². The summed E-state index contributed by atoms with van der Waals surface area (Å²) in [6, 6.07) is 11.7. The average molecular weight is 382 g/mol. The first kappa shape index (κ1) is 17.9. The third-order valence-electron chi connectivity index (χ3n) is 4.72. The van der Waals surface area contributed by atoms with Crippen molar-refractivity contribution in [2.45, 2.75) is 25.3 Å². The molecule has 6 nitrogen and oxygen atoms in total. The minimum atomic E-state index is -0.173. The zero-order valence-electron chi connectivity index (χ0n) is 15.2. The van der Waals surface area contributed by atoms with Crippen LogP contribution in [-0.4, -0.2) is 39.1 Å². The first-order chi connectivity index (χ1) is 13.2. The summed E-state index contributed by atoms with van der Waals surface area (Å²) in [5, 5.41) is 11.7. The Morgan fingerprint density at radius 2 is 2.26 bits per heavy atom. The smallest absolute Gasteiger partial charge is 0.225 e. The van der Waals surface area contributed by atoms with Crippen molar-refractivity contribution in [2.24, 2.45) is 0 Å². The molecule has 0 bridgehead atoms. The molecule has 0 saturated heterocycles. The van der Waals surface area contributed by atoms with Crippen molar-refractivity contribution in [3.8, 4) is 5.75 Å². The van der Waals surface area contributed by atoms with E-state index >= 15 is 0 Å². The number of amides is 1. The molecule has 3 aromatic rings. The molecule has 7 heteroatoms. The molecule has 0 saturated carbocycles. The third kappa shape index (κ3) is 3.93. The lowest BCUT2D eigenvalue weighted by Gasteiger charge is -2.17. The molecule has 0 fully saturated rings. The number of aromatic nitrogens is 3. The van der Waals surface area contributed by atoms with Crippen LogP contribution in [0.15, 0.2) is 42.6 Å². The Hall–Kier alpha value is -2.54. The highest BCUT2D eigenvalue weighted by Gasteiger charge is 2.21. The van der Waals surface area contributed by atoms with Gasteiger partial charge in [0.25, 0.3) is 0 Å². The molecule has 1 atom stereocenters. The average Bonchev–Trinajstić information content (AvgIpc) is 3.31. The second kappa shape index (κ2) is 8.00. The van der Waals surface area contributed by atoms with Crippen LogP contribution in [0.4, 0.5) is 0 Å². The maximum absolute atomic E-state index is 12.7. The molecule has 1 aliphatic heterocycles. The number of nitrogens with zero attached hydrogens (tertiary/aromatic N) is 3. The molecule has 27 heavy (non-hydrogen) atoms. The molecule has 0 radical (unpaired) electrons. The van der Waals surface area contributed by atoms with Crippen LogP contribution in [0.1, 0.15) is 29.4 Å². The molecular weight excluding hydrogens is 360 g/mol. The van der Waals surface area contributed by atoms with E-state index in [1.54, 1.807) is 11.8 Å². The van der Waals surface area contributed by atoms with Gasteiger partial charge >= 0.3 is 0 Å². The standard InChI is InChI=1S/C20H22N4O2S/c1-27-11-8-16(20-23-22-18-4-2-3-9-24(18)20)21-19(25)13-14-5-6-15-7-10-26-17(15)12-14/h2-6,9,12,16H,7-8,10-11,13H2,1H3,(H,21,25)/t16-/m0/s1. The predicted molar refractivity (Wildman–Crippen MR) is 106 cm³/mol. The summed E-state index contributed by atoms with van der Waals surface area (Å²) in [4.78, 5) is 12.7. The molecule has 1 aliphatic rings. The van der Waals surface area contributed by atoms with Gasteiger partial charge in [-0.15, -0.1) is 10.2 Å². The fourth-order valence-corrected chi connectivity index (χ4v) is 3.82. The number of benzene rings is 1. The first-order valence-corrected chi connectivity index (χ1v) is 10.5. The number of ether oxygens (including phenoxy) is 1. The van der Waals surface area contributed by atoms with E-state index in [2.05, 4.69) is 27.8 Å². The van der Waals surface area contributed by atoms with E-state index in [1.165, 1.54) is 5.56 Å². The van der Waals surface area contributed by atoms with Crippen molar-refractivity contribution in [3.63, 3.8) is 0 Å². The van der Waals surface area contributed by atoms with Gasteiger partial charge in [0, 0.05) is 12.6 Å². The molecule has 140 valence electrons. The lowest BCUT2D eigenvalue weighted by atomic mass is 10.1. The number of hydrogen-bond donors (Lipinski definition) is 1. The third-order valence-corrected chi connectivity index (χ3v) is 5.37. The molecule has 4 rings (SSSR count). The summed E-state index contributed by atoms with van der Waals surface area (Å²) in [6.45, 7) is 0.724. The predicted octanol–water partition coefficient (Wildman–Crippen LogP) is 2.82. The van der Waals surface area contributed by atoms with Gasteiger partial charge in [0.05, 0.1) is 19.1 Å². The topological polar surface area (TPSA) is 68.5 Å². The summed E-state index contributed by atoms with van der Waals surface area (Å²) in [5.41, 5.74) is 2.96. The fourth-order valence-electron chi connectivity index (χ4n) is 3.35. The summed E-state index contributed by atoms with van der Waals surface area (Å²) in [5.74, 6) is 2.58. The number of hydrogen-bond acceptors (Lipinski definition) is 5. The largest absolute Gasteiger partial charge is 0.493 e. The normalized spacial score (nSPS) is 14.0. The van der Waals surface area contributed by atoms with Gasteiger partial charge < -0.3 is 10.1 Å². The number of rotatable bonds is 7. The van der Waals surface area contributed by atoms with Crippen molar-refractivity contribution in [1.82, 2.24) is 19.9 Å². The van der Waals surface area contributed by atoms with Gasteiger partial charge in [-0.2, -0.15) is 11.8 Å². The Balaban J connectivity index is 1.50. The van der Waals surface area contributed by atoms with Gasteiger partial charge in [-0.25, -0.2) is 0 Å². The number of carbonyl (C=O) groups excluding carboxylic acids is 1. The number of thioether (sulfide) groups is 1. The van der Waals surface area contributed by atoms with E-state index in [9.17, 15) is 4.79 Å². The first-order valence-electron chi connectivity index (χ1n) is 9.07. The molecule has 0 spiro atoms. The van der Waals surface area contributed by atoms with E-state index in [1.807, 2.05) is 40.9 Å². The summed E-state index contributed by atoms with van der Waals surface area (Å²) in [7, 11) is 0. The minimum absolute atomic E-state index is 0.0215. The summed E-state index contributed by atoms with van der Waals surface area (Å²) < 4.78 is 7.54. The highest BCUT2D eigenvalue weighted by Crippen LogP contribution is 2.26. The Morgan fingerprint density at radius 1 is 1.33 bits per heavy atom. The van der Waals surface area contributed by atoms with Crippen LogP contribution >= 0.6 is 11.8 Å². The maximum Gasteiger partial charge on any atom is 0.225 e. The van der Waals surface area contributed by atoms with E-state index in [0.29, 0.717) is 6.42 Å². The van der Waals surface area contributed by atoms with Crippen LogP contribution in [0, 0.1) is 0 Å². The van der Waals surface area contributed by atoms with Crippen LogP contribution < -0.4 is 10.1 Å². The Kier molecular flexibility index (Phi) is 5.29. The van der Waals surface area contributed by atoms with Crippen LogP contribution in [0.3, 0.4) is 0 Å². The Labute approximate surface area is 162 Å². The van der Waals surface area contributed by atoms with Crippen LogP contribution in [-0.2, 0) is 17.6 Å². The SMILES string of the molecule is CSCC[C@H](NC(=O)Cc1ccc2c(c1)OCC2)c1nnc2ccccn12. The zero-order chi connectivity index (χ0) is 18.6. The van der Waals surface area contributed by atoms with Gasteiger partial charge in [0.15, 0.2) is 11.5 Å². The molecule has 1 N–H and O–H groups in total. The van der Waals surface area contributed by atoms with Crippen molar-refractivity contribution in [1.29, 1.82) is 0 Å². The van der Waals surface area contributed by atoms with Crippen molar-refractivity contribution < 1.29 is 9.53 Å². The number of fused-ring (bicyclic) bond motifs is 2. The maximum atomic E-state index is 12.7. The second-order valence-corrected chi connectivity index (χ2v) is 7.59. The van der Waals surface area contributed by atoms with Gasteiger partial charge in [-0.3, -0.25) is 9.20 Å². The zero-order valence-corrected chi connectivity index (χ0v) is 16.0. The van der Waals surface area contributed by atoms with Crippen molar-refractivity contribution >= 4 is 23.3 Å². The lowest BCUT2D eigenvalue weighted by Crippen LogP contribution is -2.31. The summed E-state index contributed by atoms with van der Waals surface area (Å²) in [6.07, 6.45) is 6.06.